The zero-order chi connectivity index (χ0) is 13.1. The maximum absolute atomic E-state index is 4.46. The second-order valence-corrected chi connectivity index (χ2v) is 5.58. The van der Waals surface area contributed by atoms with Gasteiger partial charge in [-0.15, -0.1) is 11.3 Å². The average molecular weight is 275 g/mol. The molecule has 0 aromatic carbocycles. The van der Waals surface area contributed by atoms with Crippen LogP contribution in [0.15, 0.2) is 23.3 Å². The Hall–Kier alpha value is -1.53. The molecule has 1 aliphatic carbocycles. The monoisotopic (exact) mass is 275 g/mol. The lowest BCUT2D eigenvalue weighted by molar-refractivity contribution is 0.671. The van der Waals surface area contributed by atoms with Gasteiger partial charge in [0.2, 0.25) is 0 Å². The van der Waals surface area contributed by atoms with Crippen LogP contribution in [0.5, 0.6) is 0 Å². The fourth-order valence-corrected chi connectivity index (χ4v) is 2.36. The van der Waals surface area contributed by atoms with E-state index in [4.69, 9.17) is 0 Å². The summed E-state index contributed by atoms with van der Waals surface area (Å²) in [5, 5.41) is 5.49. The van der Waals surface area contributed by atoms with Crippen molar-refractivity contribution in [2.45, 2.75) is 32.0 Å². The normalized spacial score (nSPS) is 14.6. The first-order valence-electron chi connectivity index (χ1n) is 6.44. The van der Waals surface area contributed by atoms with Crippen LogP contribution in [-0.4, -0.2) is 28.0 Å². The fraction of sp³-hybridized carbons (Fsp3) is 0.462. The van der Waals surface area contributed by atoms with E-state index in [0.717, 1.165) is 30.3 Å². The quantitative estimate of drug-likeness (QED) is 0.871. The van der Waals surface area contributed by atoms with E-state index in [-0.39, 0.29) is 0 Å². The molecule has 3 rings (SSSR count). The first-order chi connectivity index (χ1) is 9.31. The van der Waals surface area contributed by atoms with Gasteiger partial charge in [-0.05, 0) is 12.8 Å². The maximum Gasteiger partial charge on any atom is 0.147 e. The van der Waals surface area contributed by atoms with Crippen molar-refractivity contribution >= 4 is 17.2 Å². The molecule has 19 heavy (non-hydrogen) atoms. The minimum Gasteiger partial charge on any atom is -0.352 e. The predicted octanol–water partition coefficient (Wildman–Crippen LogP) is 1.82. The van der Waals surface area contributed by atoms with Gasteiger partial charge in [0, 0.05) is 25.0 Å². The molecule has 1 fully saturated rings. The molecule has 2 aromatic rings. The smallest absolute Gasteiger partial charge is 0.147 e. The topological polar surface area (TPSA) is 53.9 Å². The molecular formula is C13H17N5S. The van der Waals surface area contributed by atoms with Crippen molar-refractivity contribution in [2.75, 3.05) is 11.9 Å². The van der Waals surface area contributed by atoms with Crippen molar-refractivity contribution in [1.29, 1.82) is 0 Å². The van der Waals surface area contributed by atoms with E-state index in [2.05, 4.69) is 30.5 Å². The Bertz CT molecular complexity index is 506. The van der Waals surface area contributed by atoms with Crippen LogP contribution in [0.1, 0.15) is 24.2 Å². The zero-order valence-electron chi connectivity index (χ0n) is 10.9. The highest BCUT2D eigenvalue weighted by atomic mass is 32.1. The summed E-state index contributed by atoms with van der Waals surface area (Å²) in [4.78, 5) is 15.2. The van der Waals surface area contributed by atoms with Crippen LogP contribution >= 0.6 is 11.3 Å². The van der Waals surface area contributed by atoms with Crippen LogP contribution in [0.2, 0.25) is 0 Å². The van der Waals surface area contributed by atoms with Crippen molar-refractivity contribution < 1.29 is 0 Å². The lowest BCUT2D eigenvalue weighted by Crippen LogP contribution is -2.19. The highest BCUT2D eigenvalue weighted by molar-refractivity contribution is 7.07. The maximum atomic E-state index is 4.46. The number of anilines is 1. The standard InChI is InChI=1S/C13H17N5S/c1-18(7-12-8-19-9-17-12)13-6-15-11(5-16-13)4-14-10-2-3-10/h5-6,8-10,14H,2-4,7H2,1H3. The molecule has 0 spiro atoms. The molecule has 1 N–H and O–H groups in total. The summed E-state index contributed by atoms with van der Waals surface area (Å²) in [7, 11) is 2.01. The molecule has 5 nitrogen and oxygen atoms in total. The van der Waals surface area contributed by atoms with Crippen LogP contribution in [0.4, 0.5) is 5.82 Å². The molecule has 0 atom stereocenters. The molecule has 6 heteroatoms. The zero-order valence-corrected chi connectivity index (χ0v) is 11.7. The number of rotatable bonds is 6. The van der Waals surface area contributed by atoms with Crippen molar-refractivity contribution in [3.8, 4) is 0 Å². The van der Waals surface area contributed by atoms with Gasteiger partial charge in [-0.25, -0.2) is 9.97 Å². The number of thiazole rings is 1. The van der Waals surface area contributed by atoms with Gasteiger partial charge < -0.3 is 10.2 Å². The van der Waals surface area contributed by atoms with Crippen molar-refractivity contribution in [3.63, 3.8) is 0 Å². The highest BCUT2D eigenvalue weighted by Gasteiger charge is 2.20. The first kappa shape index (κ1) is 12.5. The molecule has 100 valence electrons. The Morgan fingerprint density at radius 1 is 1.26 bits per heavy atom. The summed E-state index contributed by atoms with van der Waals surface area (Å²) in [6.07, 6.45) is 6.27. The van der Waals surface area contributed by atoms with E-state index in [9.17, 15) is 0 Å². The SMILES string of the molecule is CN(Cc1cscn1)c1cnc(CNC2CC2)cn1. The molecule has 1 aliphatic rings. The van der Waals surface area contributed by atoms with E-state index in [0.29, 0.717) is 6.04 Å². The molecule has 2 aromatic heterocycles. The van der Waals surface area contributed by atoms with Crippen molar-refractivity contribution in [3.05, 3.63) is 34.7 Å². The largest absolute Gasteiger partial charge is 0.352 e. The summed E-state index contributed by atoms with van der Waals surface area (Å²) < 4.78 is 0. The van der Waals surface area contributed by atoms with E-state index in [1.807, 2.05) is 25.0 Å². The molecule has 0 saturated heterocycles. The van der Waals surface area contributed by atoms with E-state index in [1.54, 1.807) is 11.3 Å². The Morgan fingerprint density at radius 2 is 2.16 bits per heavy atom. The Morgan fingerprint density at radius 3 is 2.79 bits per heavy atom. The Balaban J connectivity index is 1.57. The molecule has 2 heterocycles. The summed E-state index contributed by atoms with van der Waals surface area (Å²) >= 11 is 1.61. The number of nitrogens with zero attached hydrogens (tertiary/aromatic N) is 4. The lowest BCUT2D eigenvalue weighted by atomic mass is 10.4. The number of nitrogens with one attached hydrogen (secondary N) is 1. The van der Waals surface area contributed by atoms with Crippen molar-refractivity contribution in [2.24, 2.45) is 0 Å². The minimum absolute atomic E-state index is 0.703. The molecule has 0 radical (unpaired) electrons. The third-order valence-electron chi connectivity index (χ3n) is 3.11. The van der Waals surface area contributed by atoms with Crippen LogP contribution in [0, 0.1) is 0 Å². The van der Waals surface area contributed by atoms with Gasteiger partial charge >= 0.3 is 0 Å². The summed E-state index contributed by atoms with van der Waals surface area (Å²) in [5.41, 5.74) is 3.91. The number of hydrogen-bond acceptors (Lipinski definition) is 6. The van der Waals surface area contributed by atoms with E-state index in [1.165, 1.54) is 12.8 Å². The molecule has 0 aliphatic heterocycles. The van der Waals surface area contributed by atoms with Gasteiger partial charge in [0.05, 0.1) is 35.8 Å². The predicted molar refractivity (Wildman–Crippen MR) is 76.1 cm³/mol. The van der Waals surface area contributed by atoms with Gasteiger partial charge in [0.15, 0.2) is 0 Å². The minimum atomic E-state index is 0.703. The van der Waals surface area contributed by atoms with E-state index < -0.39 is 0 Å². The van der Waals surface area contributed by atoms with Crippen LogP contribution in [0.3, 0.4) is 0 Å². The van der Waals surface area contributed by atoms with Crippen LogP contribution in [-0.2, 0) is 13.1 Å². The molecule has 0 amide bonds. The Labute approximate surface area is 116 Å². The van der Waals surface area contributed by atoms with Crippen molar-refractivity contribution in [1.82, 2.24) is 20.3 Å². The third kappa shape index (κ3) is 3.48. The molecular weight excluding hydrogens is 258 g/mol. The molecule has 0 bridgehead atoms. The molecule has 0 unspecified atom stereocenters. The van der Waals surface area contributed by atoms with Gasteiger partial charge in [0.1, 0.15) is 5.82 Å². The first-order valence-corrected chi connectivity index (χ1v) is 7.38. The van der Waals surface area contributed by atoms with Gasteiger partial charge in [-0.1, -0.05) is 0 Å². The third-order valence-corrected chi connectivity index (χ3v) is 3.75. The second kappa shape index (κ2) is 5.63. The van der Waals surface area contributed by atoms with Crippen LogP contribution < -0.4 is 10.2 Å². The second-order valence-electron chi connectivity index (χ2n) is 4.86. The summed E-state index contributed by atoms with van der Waals surface area (Å²) in [6.45, 7) is 1.57. The van der Waals surface area contributed by atoms with Gasteiger partial charge in [-0.2, -0.15) is 0 Å². The number of hydrogen-bond donors (Lipinski definition) is 1. The average Bonchev–Trinajstić information content (AvgIpc) is 3.13. The van der Waals surface area contributed by atoms with Crippen LogP contribution in [0.25, 0.3) is 0 Å². The highest BCUT2D eigenvalue weighted by Crippen LogP contribution is 2.19. The molecule has 1 saturated carbocycles. The summed E-state index contributed by atoms with van der Waals surface area (Å²) in [5.74, 6) is 0.878. The van der Waals surface area contributed by atoms with Gasteiger partial charge in [-0.3, -0.25) is 4.98 Å². The van der Waals surface area contributed by atoms with E-state index >= 15 is 0 Å². The fourth-order valence-electron chi connectivity index (χ4n) is 1.81. The summed E-state index contributed by atoms with van der Waals surface area (Å²) in [6, 6.07) is 0.703. The Kier molecular flexibility index (Phi) is 3.70. The van der Waals surface area contributed by atoms with Gasteiger partial charge in [0.25, 0.3) is 0 Å². The lowest BCUT2D eigenvalue weighted by Gasteiger charge is -2.16. The number of aromatic nitrogens is 3.